The van der Waals surface area contributed by atoms with Crippen molar-refractivity contribution in [2.75, 3.05) is 7.11 Å². The minimum absolute atomic E-state index is 0.00444. The summed E-state index contributed by atoms with van der Waals surface area (Å²) < 4.78 is 4.51. The van der Waals surface area contributed by atoms with Gasteiger partial charge in [-0.15, -0.1) is 0 Å². The lowest BCUT2D eigenvalue weighted by atomic mass is 10.0. The molecule has 0 fully saturated rings. The van der Waals surface area contributed by atoms with Crippen molar-refractivity contribution in [3.8, 4) is 6.07 Å². The smallest absolute Gasteiger partial charge is 0.348 e. The molecule has 1 aromatic carbocycles. The molecule has 0 aliphatic rings. The zero-order valence-corrected chi connectivity index (χ0v) is 10.2. The van der Waals surface area contributed by atoms with Gasteiger partial charge in [0.15, 0.2) is 0 Å². The summed E-state index contributed by atoms with van der Waals surface area (Å²) in [7, 11) is 1.26. The van der Waals surface area contributed by atoms with Gasteiger partial charge in [0.1, 0.15) is 11.6 Å². The number of methoxy groups -OCH3 is 1. The minimum Gasteiger partial charge on any atom is -0.465 e. The van der Waals surface area contributed by atoms with E-state index in [1.807, 2.05) is 30.3 Å². The van der Waals surface area contributed by atoms with Crippen molar-refractivity contribution < 1.29 is 9.53 Å². The quantitative estimate of drug-likeness (QED) is 0.455. The van der Waals surface area contributed by atoms with Gasteiger partial charge in [-0.2, -0.15) is 5.26 Å². The highest BCUT2D eigenvalue weighted by Crippen LogP contribution is 2.16. The first-order valence-electron chi connectivity index (χ1n) is 5.38. The third-order valence-electron chi connectivity index (χ3n) is 2.44. The van der Waals surface area contributed by atoms with Crippen LogP contribution in [0.2, 0.25) is 0 Å². The molecule has 0 aliphatic carbocycles. The van der Waals surface area contributed by atoms with Gasteiger partial charge in [-0.3, -0.25) is 0 Å². The van der Waals surface area contributed by atoms with Crippen LogP contribution in [0.25, 0.3) is 6.08 Å². The molecule has 0 N–H and O–H groups in total. The van der Waals surface area contributed by atoms with E-state index in [1.165, 1.54) is 18.7 Å². The molecule has 0 amide bonds. The Bertz CT molecular complexity index is 464. The van der Waals surface area contributed by atoms with Crippen LogP contribution in [0.1, 0.15) is 30.9 Å². The summed E-state index contributed by atoms with van der Waals surface area (Å²) in [4.78, 5) is 11.2. The van der Waals surface area contributed by atoms with E-state index in [1.54, 1.807) is 0 Å². The monoisotopic (exact) mass is 229 g/mol. The number of carbonyl (C=O) groups is 1. The highest BCUT2D eigenvalue weighted by Gasteiger charge is 2.08. The predicted octanol–water partition coefficient (Wildman–Crippen LogP) is 2.89. The van der Waals surface area contributed by atoms with E-state index in [2.05, 4.69) is 18.6 Å². The molecule has 17 heavy (non-hydrogen) atoms. The van der Waals surface area contributed by atoms with Gasteiger partial charge in [0.25, 0.3) is 0 Å². The summed E-state index contributed by atoms with van der Waals surface area (Å²) >= 11 is 0. The van der Waals surface area contributed by atoms with Gasteiger partial charge in [0.05, 0.1) is 7.11 Å². The number of nitrogens with zero attached hydrogens (tertiary/aromatic N) is 1. The first-order chi connectivity index (χ1) is 8.08. The van der Waals surface area contributed by atoms with E-state index in [0.29, 0.717) is 5.92 Å². The molecule has 1 rings (SSSR count). The number of esters is 1. The molecule has 3 nitrogen and oxygen atoms in total. The average Bonchev–Trinajstić information content (AvgIpc) is 2.35. The van der Waals surface area contributed by atoms with Crippen LogP contribution >= 0.6 is 0 Å². The van der Waals surface area contributed by atoms with Crippen molar-refractivity contribution in [2.24, 2.45) is 0 Å². The first kappa shape index (κ1) is 13.0. The van der Waals surface area contributed by atoms with Gasteiger partial charge in [-0.1, -0.05) is 38.1 Å². The van der Waals surface area contributed by atoms with E-state index in [-0.39, 0.29) is 5.57 Å². The highest BCUT2D eigenvalue weighted by atomic mass is 16.5. The molecule has 0 aromatic heterocycles. The zero-order valence-electron chi connectivity index (χ0n) is 10.2. The summed E-state index contributed by atoms with van der Waals surface area (Å²) in [6.45, 7) is 4.22. The molecule has 0 atom stereocenters. The first-order valence-corrected chi connectivity index (χ1v) is 5.38. The molecule has 0 spiro atoms. The van der Waals surface area contributed by atoms with E-state index in [4.69, 9.17) is 5.26 Å². The van der Waals surface area contributed by atoms with E-state index < -0.39 is 5.97 Å². The molecule has 0 saturated heterocycles. The Kier molecular flexibility index (Phi) is 4.47. The number of hydrogen-bond acceptors (Lipinski definition) is 3. The second kappa shape index (κ2) is 5.86. The number of nitriles is 1. The number of ether oxygens (including phenoxy) is 1. The van der Waals surface area contributed by atoms with Crippen LogP contribution in [0.5, 0.6) is 0 Å². The van der Waals surface area contributed by atoms with Crippen molar-refractivity contribution in [1.29, 1.82) is 5.26 Å². The minimum atomic E-state index is -0.611. The normalized spacial score (nSPS) is 11.1. The van der Waals surface area contributed by atoms with Crippen molar-refractivity contribution in [3.05, 3.63) is 41.0 Å². The highest BCUT2D eigenvalue weighted by molar-refractivity contribution is 5.97. The molecule has 0 unspecified atom stereocenters. The maximum atomic E-state index is 11.2. The van der Waals surface area contributed by atoms with Crippen LogP contribution in [0.3, 0.4) is 0 Å². The molecular weight excluding hydrogens is 214 g/mol. The average molecular weight is 229 g/mol. The van der Waals surface area contributed by atoms with Crippen LogP contribution in [-0.2, 0) is 9.53 Å². The third kappa shape index (κ3) is 3.46. The van der Waals surface area contributed by atoms with Crippen molar-refractivity contribution in [1.82, 2.24) is 0 Å². The fraction of sp³-hybridized carbons (Fsp3) is 0.286. The van der Waals surface area contributed by atoms with E-state index in [0.717, 1.165) is 5.56 Å². The Morgan fingerprint density at radius 3 is 2.35 bits per heavy atom. The number of carbonyl (C=O) groups excluding carboxylic acids is 1. The van der Waals surface area contributed by atoms with Crippen molar-refractivity contribution in [3.63, 3.8) is 0 Å². The second-order valence-corrected chi connectivity index (χ2v) is 3.98. The van der Waals surface area contributed by atoms with Crippen LogP contribution in [-0.4, -0.2) is 13.1 Å². The summed E-state index contributed by atoms with van der Waals surface area (Å²) in [6.07, 6.45) is 1.52. The zero-order chi connectivity index (χ0) is 12.8. The Balaban J connectivity index is 2.98. The predicted molar refractivity (Wildman–Crippen MR) is 66.1 cm³/mol. The van der Waals surface area contributed by atoms with Crippen LogP contribution in [0.15, 0.2) is 29.8 Å². The van der Waals surface area contributed by atoms with Crippen molar-refractivity contribution in [2.45, 2.75) is 19.8 Å². The molecule has 0 bridgehead atoms. The number of benzene rings is 1. The molecular formula is C14H15NO2. The lowest BCUT2D eigenvalue weighted by Gasteiger charge is -2.04. The van der Waals surface area contributed by atoms with Gasteiger partial charge in [-0.25, -0.2) is 4.79 Å². The van der Waals surface area contributed by atoms with Gasteiger partial charge in [0.2, 0.25) is 0 Å². The third-order valence-corrected chi connectivity index (χ3v) is 2.44. The lowest BCUT2D eigenvalue weighted by molar-refractivity contribution is -0.135. The van der Waals surface area contributed by atoms with Crippen LogP contribution in [0.4, 0.5) is 0 Å². The summed E-state index contributed by atoms with van der Waals surface area (Å²) in [5.41, 5.74) is 2.04. The Hall–Kier alpha value is -2.08. The topological polar surface area (TPSA) is 50.1 Å². The molecule has 0 saturated carbocycles. The van der Waals surface area contributed by atoms with E-state index in [9.17, 15) is 4.79 Å². The molecule has 0 heterocycles. The van der Waals surface area contributed by atoms with Crippen LogP contribution in [0, 0.1) is 11.3 Å². The Morgan fingerprint density at radius 2 is 1.94 bits per heavy atom. The lowest BCUT2D eigenvalue weighted by Crippen LogP contribution is -2.02. The summed E-state index contributed by atoms with van der Waals surface area (Å²) in [6, 6.07) is 9.57. The number of rotatable bonds is 3. The maximum Gasteiger partial charge on any atom is 0.348 e. The van der Waals surface area contributed by atoms with E-state index >= 15 is 0 Å². The van der Waals surface area contributed by atoms with Gasteiger partial charge >= 0.3 is 5.97 Å². The van der Waals surface area contributed by atoms with Crippen molar-refractivity contribution >= 4 is 12.0 Å². The standard InChI is InChI=1S/C14H15NO2/c1-10(2)12-6-4-11(5-7-12)8-13(9-15)14(16)17-3/h4-8,10H,1-3H3. The van der Waals surface area contributed by atoms with Gasteiger partial charge < -0.3 is 4.74 Å². The Morgan fingerprint density at radius 1 is 1.35 bits per heavy atom. The largest absolute Gasteiger partial charge is 0.465 e. The summed E-state index contributed by atoms with van der Waals surface area (Å²) in [5, 5.41) is 8.81. The van der Waals surface area contributed by atoms with Gasteiger partial charge in [-0.05, 0) is 23.1 Å². The molecule has 0 aliphatic heterocycles. The van der Waals surface area contributed by atoms with Crippen LogP contribution < -0.4 is 0 Å². The number of hydrogen-bond donors (Lipinski definition) is 0. The molecule has 88 valence electrons. The SMILES string of the molecule is COC(=O)C(C#N)=Cc1ccc(C(C)C)cc1. The molecule has 3 heteroatoms. The summed E-state index contributed by atoms with van der Waals surface area (Å²) in [5.74, 6) is -0.149. The Labute approximate surface area is 101 Å². The second-order valence-electron chi connectivity index (χ2n) is 3.98. The maximum absolute atomic E-state index is 11.2. The fourth-order valence-corrected chi connectivity index (χ4v) is 1.39. The van der Waals surface area contributed by atoms with Gasteiger partial charge in [0, 0.05) is 0 Å². The molecule has 0 radical (unpaired) electrons. The molecule has 1 aromatic rings. The fourth-order valence-electron chi connectivity index (χ4n) is 1.39.